The molecule has 162 valence electrons. The summed E-state index contributed by atoms with van der Waals surface area (Å²) in [5.74, 6) is 0. The van der Waals surface area contributed by atoms with Crippen LogP contribution in [-0.4, -0.2) is 4.57 Å². The van der Waals surface area contributed by atoms with Crippen molar-refractivity contribution >= 4 is 53.3 Å². The lowest BCUT2D eigenvalue weighted by Crippen LogP contribution is -1.95. The van der Waals surface area contributed by atoms with Crippen molar-refractivity contribution in [2.24, 2.45) is 0 Å². The topological polar surface area (TPSA) is 4.93 Å². The second-order valence-electron chi connectivity index (χ2n) is 9.21. The Kier molecular flexibility index (Phi) is 4.21. The highest BCUT2D eigenvalue weighted by Crippen LogP contribution is 2.41. The van der Waals surface area contributed by atoms with E-state index in [0.29, 0.717) is 0 Å². The number of aryl methyl sites for hydroxylation is 2. The molecule has 5 aromatic carbocycles. The number of fused-ring (bicyclic) bond motifs is 6. The molecule has 0 saturated heterocycles. The van der Waals surface area contributed by atoms with E-state index in [2.05, 4.69) is 122 Å². The summed E-state index contributed by atoms with van der Waals surface area (Å²) in [7, 11) is 0. The zero-order valence-electron chi connectivity index (χ0n) is 19.2. The largest absolute Gasteiger partial charge is 0.309 e. The molecule has 0 saturated carbocycles. The zero-order chi connectivity index (χ0) is 22.8. The van der Waals surface area contributed by atoms with E-state index in [1.807, 2.05) is 11.3 Å². The lowest BCUT2D eigenvalue weighted by Gasteiger charge is -2.11. The van der Waals surface area contributed by atoms with Crippen molar-refractivity contribution in [3.8, 4) is 16.8 Å². The molecule has 0 aliphatic carbocycles. The molecule has 0 bridgehead atoms. The molecular formula is C32H23NS. The lowest BCUT2D eigenvalue weighted by atomic mass is 10.0. The third-order valence-corrected chi connectivity index (χ3v) is 8.07. The summed E-state index contributed by atoms with van der Waals surface area (Å²) in [6.45, 7) is 4.36. The van der Waals surface area contributed by atoms with Gasteiger partial charge in [-0.05, 0) is 66.4 Å². The Balaban J connectivity index is 1.56. The van der Waals surface area contributed by atoms with Gasteiger partial charge in [0, 0.05) is 36.6 Å². The van der Waals surface area contributed by atoms with Crippen LogP contribution in [0.2, 0.25) is 0 Å². The van der Waals surface area contributed by atoms with Crippen LogP contribution in [0.15, 0.2) is 103 Å². The molecule has 2 heterocycles. The Labute approximate surface area is 202 Å². The van der Waals surface area contributed by atoms with Crippen LogP contribution in [0.25, 0.3) is 58.8 Å². The number of aromatic nitrogens is 1. The molecule has 0 unspecified atom stereocenters. The van der Waals surface area contributed by atoms with Crippen LogP contribution in [0.4, 0.5) is 0 Å². The van der Waals surface area contributed by atoms with Crippen molar-refractivity contribution in [1.82, 2.24) is 4.57 Å². The normalized spacial score (nSPS) is 11.8. The average molecular weight is 454 g/mol. The Morgan fingerprint density at radius 3 is 2.12 bits per heavy atom. The fraction of sp³-hybridized carbons (Fsp3) is 0.0625. The second-order valence-corrected chi connectivity index (χ2v) is 10.3. The minimum atomic E-state index is 1.22. The number of para-hydroxylation sites is 1. The number of hydrogen-bond donors (Lipinski definition) is 0. The van der Waals surface area contributed by atoms with E-state index in [1.54, 1.807) is 0 Å². The summed E-state index contributed by atoms with van der Waals surface area (Å²) < 4.78 is 5.13. The first kappa shape index (κ1) is 19.6. The van der Waals surface area contributed by atoms with Crippen molar-refractivity contribution in [1.29, 1.82) is 0 Å². The highest BCUT2D eigenvalue weighted by Gasteiger charge is 2.15. The van der Waals surface area contributed by atoms with Crippen molar-refractivity contribution in [3.63, 3.8) is 0 Å². The molecule has 2 heteroatoms. The molecule has 34 heavy (non-hydrogen) atoms. The number of benzene rings is 5. The van der Waals surface area contributed by atoms with Gasteiger partial charge in [-0.25, -0.2) is 0 Å². The third kappa shape index (κ3) is 2.85. The van der Waals surface area contributed by atoms with Crippen LogP contribution in [0.1, 0.15) is 11.1 Å². The van der Waals surface area contributed by atoms with Gasteiger partial charge in [0.1, 0.15) is 0 Å². The van der Waals surface area contributed by atoms with Crippen LogP contribution >= 0.6 is 11.3 Å². The molecule has 0 atom stereocenters. The van der Waals surface area contributed by atoms with Gasteiger partial charge in [0.15, 0.2) is 0 Å². The van der Waals surface area contributed by atoms with E-state index in [-0.39, 0.29) is 0 Å². The molecular weight excluding hydrogens is 430 g/mol. The van der Waals surface area contributed by atoms with E-state index in [9.17, 15) is 0 Å². The maximum atomic E-state index is 2.43. The van der Waals surface area contributed by atoms with Gasteiger partial charge in [-0.15, -0.1) is 11.3 Å². The van der Waals surface area contributed by atoms with E-state index >= 15 is 0 Å². The predicted octanol–water partition coefficient (Wildman–Crippen LogP) is 9.44. The molecule has 7 aromatic rings. The molecule has 7 rings (SSSR count). The number of hydrogen-bond acceptors (Lipinski definition) is 1. The first-order valence-electron chi connectivity index (χ1n) is 11.7. The first-order valence-corrected chi connectivity index (χ1v) is 12.5. The van der Waals surface area contributed by atoms with Crippen molar-refractivity contribution in [2.45, 2.75) is 13.8 Å². The van der Waals surface area contributed by atoms with Gasteiger partial charge in [-0.3, -0.25) is 0 Å². The number of thiophene rings is 1. The van der Waals surface area contributed by atoms with E-state index in [4.69, 9.17) is 0 Å². The van der Waals surface area contributed by atoms with Crippen LogP contribution in [0, 0.1) is 13.8 Å². The summed E-state index contributed by atoms with van der Waals surface area (Å²) in [4.78, 5) is 0. The molecule has 0 N–H and O–H groups in total. The van der Waals surface area contributed by atoms with Gasteiger partial charge in [-0.2, -0.15) is 0 Å². The summed E-state index contributed by atoms with van der Waals surface area (Å²) >= 11 is 1.89. The molecule has 0 spiro atoms. The maximum Gasteiger partial charge on any atom is 0.0547 e. The van der Waals surface area contributed by atoms with E-state index in [0.717, 1.165) is 0 Å². The molecule has 0 aliphatic rings. The number of rotatable bonds is 2. The molecule has 0 radical (unpaired) electrons. The van der Waals surface area contributed by atoms with E-state index in [1.165, 1.54) is 69.9 Å². The van der Waals surface area contributed by atoms with Gasteiger partial charge < -0.3 is 4.57 Å². The summed E-state index contributed by atoms with van der Waals surface area (Å²) in [6.07, 6.45) is 0. The quantitative estimate of drug-likeness (QED) is 0.246. The SMILES string of the molecule is Cc1cc(C)cc(-n2c3ccccc3c3ccc(-c4cccc5c4sc4ccccc45)cc32)c1. The van der Waals surface area contributed by atoms with Gasteiger partial charge in [0.05, 0.1) is 11.0 Å². The Bertz CT molecular complexity index is 1860. The minimum Gasteiger partial charge on any atom is -0.309 e. The standard InChI is InChI=1S/C32H23NS/c1-20-16-21(2)18-23(17-20)33-29-12-5-3-8-25(29)26-15-14-22(19-30(26)33)24-10-7-11-28-27-9-4-6-13-31(27)34-32(24)28/h3-19H,1-2H3. The Morgan fingerprint density at radius 1 is 0.559 bits per heavy atom. The molecule has 0 fully saturated rings. The fourth-order valence-electron chi connectivity index (χ4n) is 5.47. The molecule has 1 nitrogen and oxygen atoms in total. The average Bonchev–Trinajstić information content (AvgIpc) is 3.39. The molecule has 0 amide bonds. The maximum absolute atomic E-state index is 2.43. The van der Waals surface area contributed by atoms with Crippen molar-refractivity contribution < 1.29 is 0 Å². The first-order chi connectivity index (χ1) is 16.7. The zero-order valence-corrected chi connectivity index (χ0v) is 20.0. The summed E-state index contributed by atoms with van der Waals surface area (Å²) in [5.41, 5.74) is 8.86. The smallest absolute Gasteiger partial charge is 0.0547 e. The third-order valence-electron chi connectivity index (χ3n) is 6.85. The Hall–Kier alpha value is -3.88. The van der Waals surface area contributed by atoms with Gasteiger partial charge in [0.25, 0.3) is 0 Å². The monoisotopic (exact) mass is 453 g/mol. The molecule has 0 aliphatic heterocycles. The van der Waals surface area contributed by atoms with Gasteiger partial charge in [-0.1, -0.05) is 72.8 Å². The summed E-state index contributed by atoms with van der Waals surface area (Å²) in [5, 5.41) is 5.27. The lowest BCUT2D eigenvalue weighted by molar-refractivity contribution is 1.16. The van der Waals surface area contributed by atoms with Crippen molar-refractivity contribution in [3.05, 3.63) is 114 Å². The van der Waals surface area contributed by atoms with Gasteiger partial charge >= 0.3 is 0 Å². The minimum absolute atomic E-state index is 1.22. The predicted molar refractivity (Wildman–Crippen MR) is 149 cm³/mol. The number of nitrogens with zero attached hydrogens (tertiary/aromatic N) is 1. The molecule has 2 aromatic heterocycles. The highest BCUT2D eigenvalue weighted by molar-refractivity contribution is 7.26. The second kappa shape index (κ2) is 7.31. The fourth-order valence-corrected chi connectivity index (χ4v) is 6.71. The van der Waals surface area contributed by atoms with Gasteiger partial charge in [0.2, 0.25) is 0 Å². The van der Waals surface area contributed by atoms with Crippen molar-refractivity contribution in [2.75, 3.05) is 0 Å². The van der Waals surface area contributed by atoms with Crippen LogP contribution < -0.4 is 0 Å². The Morgan fingerprint density at radius 2 is 1.26 bits per heavy atom. The van der Waals surface area contributed by atoms with Crippen LogP contribution in [0.5, 0.6) is 0 Å². The van der Waals surface area contributed by atoms with Crippen LogP contribution in [0.3, 0.4) is 0 Å². The van der Waals surface area contributed by atoms with E-state index < -0.39 is 0 Å². The highest BCUT2D eigenvalue weighted by atomic mass is 32.1. The van der Waals surface area contributed by atoms with Crippen LogP contribution in [-0.2, 0) is 0 Å². The summed E-state index contributed by atoms with van der Waals surface area (Å²) in [6, 6.07) is 38.0.